The quantitative estimate of drug-likeness (QED) is 0.147. The Morgan fingerprint density at radius 2 is 0.738 bits per heavy atom. The Hall–Kier alpha value is -7.78. The van der Waals surface area contributed by atoms with Crippen LogP contribution in [0.15, 0.2) is 237 Å². The lowest BCUT2D eigenvalue weighted by Gasteiger charge is -2.28. The Morgan fingerprint density at radius 1 is 0.308 bits per heavy atom. The zero-order valence-corrected chi connectivity index (χ0v) is 37.2. The monoisotopic (exact) mass is 847 g/mol. The van der Waals surface area contributed by atoms with Crippen LogP contribution in [0.5, 0.6) is 0 Å². The molecule has 1 nitrogen and oxygen atoms in total. The van der Waals surface area contributed by atoms with Crippen LogP contribution in [-0.2, 0) is 5.41 Å². The molecule has 308 valence electrons. The van der Waals surface area contributed by atoms with Crippen LogP contribution in [0.2, 0.25) is 0 Å². The molecule has 1 aliphatic carbocycles. The number of hydrogen-bond acceptors (Lipinski definition) is 2. The van der Waals surface area contributed by atoms with Gasteiger partial charge in [0.05, 0.1) is 0 Å². The van der Waals surface area contributed by atoms with Gasteiger partial charge in [-0.1, -0.05) is 202 Å². The van der Waals surface area contributed by atoms with Gasteiger partial charge in [0.2, 0.25) is 0 Å². The lowest BCUT2D eigenvalue weighted by atomic mass is 9.81. The number of thiophene rings is 1. The molecule has 10 aromatic carbocycles. The lowest BCUT2D eigenvalue weighted by molar-refractivity contribution is 0.660. The van der Waals surface area contributed by atoms with Gasteiger partial charge in [-0.05, 0) is 126 Å². The van der Waals surface area contributed by atoms with Gasteiger partial charge in [-0.15, -0.1) is 11.3 Å². The summed E-state index contributed by atoms with van der Waals surface area (Å²) in [7, 11) is 0. The number of hydrogen-bond donors (Lipinski definition) is 0. The number of anilines is 3. The molecule has 0 saturated carbocycles. The van der Waals surface area contributed by atoms with E-state index in [0.29, 0.717) is 0 Å². The molecule has 0 unspecified atom stereocenters. The summed E-state index contributed by atoms with van der Waals surface area (Å²) in [5.41, 5.74) is 20.8. The van der Waals surface area contributed by atoms with Crippen LogP contribution in [0.4, 0.5) is 17.1 Å². The molecule has 0 fully saturated rings. The van der Waals surface area contributed by atoms with Crippen LogP contribution in [0.25, 0.3) is 86.9 Å². The molecule has 0 radical (unpaired) electrons. The van der Waals surface area contributed by atoms with Crippen molar-refractivity contribution in [2.75, 3.05) is 4.90 Å². The number of rotatable bonds is 8. The summed E-state index contributed by atoms with van der Waals surface area (Å²) < 4.78 is 2.67. The first-order chi connectivity index (χ1) is 32.0. The highest BCUT2D eigenvalue weighted by Crippen LogP contribution is 2.52. The molecule has 0 saturated heterocycles. The van der Waals surface area contributed by atoms with Crippen LogP contribution >= 0.6 is 11.3 Å². The predicted molar refractivity (Wildman–Crippen MR) is 279 cm³/mol. The van der Waals surface area contributed by atoms with Crippen molar-refractivity contribution in [3.8, 4) is 66.8 Å². The first kappa shape index (κ1) is 38.9. The molecule has 1 aliphatic rings. The minimum absolute atomic E-state index is 0.180. The summed E-state index contributed by atoms with van der Waals surface area (Å²) in [5, 5.41) is 2.66. The van der Waals surface area contributed by atoms with Crippen molar-refractivity contribution in [1.82, 2.24) is 0 Å². The Balaban J connectivity index is 0.914. The number of nitrogens with zero attached hydrogens (tertiary/aromatic N) is 1. The van der Waals surface area contributed by atoms with Gasteiger partial charge >= 0.3 is 0 Å². The molecule has 0 N–H and O–H groups in total. The van der Waals surface area contributed by atoms with E-state index in [4.69, 9.17) is 0 Å². The summed E-state index contributed by atoms with van der Waals surface area (Å²) in [6.45, 7) is 4.76. The van der Waals surface area contributed by atoms with Crippen LogP contribution in [0.1, 0.15) is 25.0 Å². The zero-order chi connectivity index (χ0) is 43.5. The van der Waals surface area contributed by atoms with Crippen molar-refractivity contribution in [1.29, 1.82) is 0 Å². The largest absolute Gasteiger partial charge is 0.310 e. The second-order valence-corrected chi connectivity index (χ2v) is 18.7. The maximum atomic E-state index is 2.43. The van der Waals surface area contributed by atoms with Gasteiger partial charge in [0.15, 0.2) is 0 Å². The third kappa shape index (κ3) is 6.77. The van der Waals surface area contributed by atoms with E-state index in [0.717, 1.165) is 17.1 Å². The predicted octanol–water partition coefficient (Wildman–Crippen LogP) is 18.2. The SMILES string of the molecule is CC1(C)c2cc(-c3ccccc3)ccc2-c2ccc(N(c3ccc(-c4ccc(-c5cccc6c5sc5ccccc56)cc4)cc3)c3ccc(-c4ccccc4-c4ccccc4)cc3)cc21. The van der Waals surface area contributed by atoms with Gasteiger partial charge < -0.3 is 4.90 Å². The van der Waals surface area contributed by atoms with Crippen LogP contribution in [-0.4, -0.2) is 0 Å². The average molecular weight is 848 g/mol. The van der Waals surface area contributed by atoms with E-state index in [1.807, 2.05) is 11.3 Å². The first-order valence-electron chi connectivity index (χ1n) is 22.5. The molecule has 0 aliphatic heterocycles. The molecule has 11 aromatic rings. The molecular weight excluding hydrogens is 803 g/mol. The van der Waals surface area contributed by atoms with Gasteiger partial charge in [-0.2, -0.15) is 0 Å². The minimum Gasteiger partial charge on any atom is -0.310 e. The van der Waals surface area contributed by atoms with Gasteiger partial charge in [0.1, 0.15) is 0 Å². The van der Waals surface area contributed by atoms with Crippen molar-refractivity contribution in [2.45, 2.75) is 19.3 Å². The fraction of sp³-hybridized carbons (Fsp3) is 0.0476. The summed E-state index contributed by atoms with van der Waals surface area (Å²) >= 11 is 1.88. The maximum absolute atomic E-state index is 2.43. The van der Waals surface area contributed by atoms with Crippen molar-refractivity contribution in [3.05, 3.63) is 248 Å². The molecule has 0 atom stereocenters. The minimum atomic E-state index is -0.180. The second-order valence-electron chi connectivity index (χ2n) is 17.7. The van der Waals surface area contributed by atoms with Gasteiger partial charge in [-0.25, -0.2) is 0 Å². The molecule has 1 aromatic heterocycles. The lowest BCUT2D eigenvalue weighted by Crippen LogP contribution is -2.16. The Bertz CT molecular complexity index is 3530. The average Bonchev–Trinajstić information content (AvgIpc) is 3.86. The molecule has 0 amide bonds. The highest BCUT2D eigenvalue weighted by Gasteiger charge is 2.36. The zero-order valence-electron chi connectivity index (χ0n) is 36.4. The molecular formula is C63H45NS. The van der Waals surface area contributed by atoms with Gasteiger partial charge in [0.25, 0.3) is 0 Å². The van der Waals surface area contributed by atoms with Crippen molar-refractivity contribution in [3.63, 3.8) is 0 Å². The molecule has 0 spiro atoms. The highest BCUT2D eigenvalue weighted by molar-refractivity contribution is 7.26. The van der Waals surface area contributed by atoms with E-state index < -0.39 is 0 Å². The molecule has 0 bridgehead atoms. The fourth-order valence-corrected chi connectivity index (χ4v) is 11.4. The first-order valence-corrected chi connectivity index (χ1v) is 23.3. The van der Waals surface area contributed by atoms with E-state index in [-0.39, 0.29) is 5.41 Å². The maximum Gasteiger partial charge on any atom is 0.0465 e. The summed E-state index contributed by atoms with van der Waals surface area (Å²) in [6, 6.07) is 86.9. The van der Waals surface area contributed by atoms with Crippen molar-refractivity contribution < 1.29 is 0 Å². The standard InChI is InChI=1S/C63H45NS/c1-63(2)59-40-48(42-14-5-3-6-15-42)32-38-55(59)56-39-37-51(41-60(56)63)64(50-35-30-46(31-36-50)53-19-10-9-18-52(53)45-16-7-4-8-17-45)49-33-28-44(29-34-49)43-24-26-47(27-25-43)54-21-13-22-58-57-20-11-12-23-61(57)65-62(54)58/h3-41H,1-2H3. The van der Waals surface area contributed by atoms with E-state index in [1.165, 1.54) is 98.1 Å². The van der Waals surface area contributed by atoms with Crippen LogP contribution < -0.4 is 4.90 Å². The summed E-state index contributed by atoms with van der Waals surface area (Å²) in [6.07, 6.45) is 0. The Morgan fingerprint density at radius 3 is 1.42 bits per heavy atom. The fourth-order valence-electron chi connectivity index (χ4n) is 10.1. The van der Waals surface area contributed by atoms with Gasteiger partial charge in [-0.3, -0.25) is 0 Å². The smallest absolute Gasteiger partial charge is 0.0465 e. The van der Waals surface area contributed by atoms with E-state index in [9.17, 15) is 0 Å². The van der Waals surface area contributed by atoms with Gasteiger partial charge in [0, 0.05) is 42.6 Å². The van der Waals surface area contributed by atoms with Crippen LogP contribution in [0, 0.1) is 0 Å². The van der Waals surface area contributed by atoms with E-state index in [1.54, 1.807) is 0 Å². The van der Waals surface area contributed by atoms with E-state index in [2.05, 4.69) is 255 Å². The van der Waals surface area contributed by atoms with E-state index >= 15 is 0 Å². The Labute approximate surface area is 385 Å². The van der Waals surface area contributed by atoms with Crippen LogP contribution in [0.3, 0.4) is 0 Å². The third-order valence-corrected chi connectivity index (χ3v) is 14.8. The second kappa shape index (κ2) is 15.8. The summed E-state index contributed by atoms with van der Waals surface area (Å²) in [5.74, 6) is 0. The van der Waals surface area contributed by atoms with Crippen molar-refractivity contribution in [2.24, 2.45) is 0 Å². The normalized spacial score (nSPS) is 12.6. The molecule has 2 heteroatoms. The molecule has 12 rings (SSSR count). The topological polar surface area (TPSA) is 3.24 Å². The number of benzene rings is 10. The molecule has 65 heavy (non-hydrogen) atoms. The highest BCUT2D eigenvalue weighted by atomic mass is 32.1. The molecule has 1 heterocycles. The summed E-state index contributed by atoms with van der Waals surface area (Å²) in [4.78, 5) is 2.42. The Kier molecular flexibility index (Phi) is 9.44. The number of fused-ring (bicyclic) bond motifs is 6. The third-order valence-electron chi connectivity index (χ3n) is 13.5. The van der Waals surface area contributed by atoms with Crippen molar-refractivity contribution >= 4 is 48.6 Å².